The SMILES string of the molecule is COc1c2n(ccc1=O)NC1CCCCN1C2=O. The van der Waals surface area contributed by atoms with E-state index in [1.807, 2.05) is 0 Å². The van der Waals surface area contributed by atoms with Gasteiger partial charge in [-0.2, -0.15) is 0 Å². The highest BCUT2D eigenvalue weighted by molar-refractivity contribution is 5.96. The molecule has 2 aliphatic heterocycles. The summed E-state index contributed by atoms with van der Waals surface area (Å²) in [7, 11) is 1.41. The normalized spacial score (nSPS) is 21.9. The number of ether oxygens (including phenoxy) is 1. The quantitative estimate of drug-likeness (QED) is 0.781. The second kappa shape index (κ2) is 4.04. The molecule has 1 aromatic heterocycles. The summed E-state index contributed by atoms with van der Waals surface area (Å²) >= 11 is 0. The van der Waals surface area contributed by atoms with Gasteiger partial charge in [0.2, 0.25) is 5.43 Å². The van der Waals surface area contributed by atoms with Crippen LogP contribution in [0.4, 0.5) is 0 Å². The molecule has 0 spiro atoms. The number of methoxy groups -OCH3 is 1. The summed E-state index contributed by atoms with van der Waals surface area (Å²) < 4.78 is 6.68. The number of hydrogen-bond donors (Lipinski definition) is 1. The first-order chi connectivity index (χ1) is 8.72. The Hall–Kier alpha value is -1.98. The number of nitrogens with zero attached hydrogens (tertiary/aromatic N) is 2. The molecule has 3 heterocycles. The topological polar surface area (TPSA) is 63.6 Å². The fourth-order valence-corrected chi connectivity index (χ4v) is 2.63. The first-order valence-corrected chi connectivity index (χ1v) is 6.09. The van der Waals surface area contributed by atoms with Gasteiger partial charge in [-0.3, -0.25) is 14.3 Å². The maximum atomic E-state index is 12.4. The zero-order chi connectivity index (χ0) is 12.7. The molecule has 0 radical (unpaired) electrons. The molecule has 1 atom stereocenters. The van der Waals surface area contributed by atoms with Crippen molar-refractivity contribution in [3.63, 3.8) is 0 Å². The lowest BCUT2D eigenvalue weighted by Crippen LogP contribution is -2.55. The number of pyridine rings is 1. The number of carbonyl (C=O) groups is 1. The molecule has 1 unspecified atom stereocenters. The average molecular weight is 249 g/mol. The van der Waals surface area contributed by atoms with Crippen molar-refractivity contribution in [3.8, 4) is 5.75 Å². The molecule has 3 rings (SSSR count). The van der Waals surface area contributed by atoms with Crippen LogP contribution in [0.25, 0.3) is 0 Å². The first kappa shape index (κ1) is 11.1. The molecule has 6 nitrogen and oxygen atoms in total. The highest BCUT2D eigenvalue weighted by Crippen LogP contribution is 2.25. The van der Waals surface area contributed by atoms with Crippen LogP contribution in [0.2, 0.25) is 0 Å². The minimum Gasteiger partial charge on any atom is -0.491 e. The lowest BCUT2D eigenvalue weighted by atomic mass is 10.1. The standard InChI is InChI=1S/C12H15N3O3/c1-18-11-8(16)5-7-15-10(11)12(17)14-6-3-2-4-9(14)13-15/h5,7,9,13H,2-4,6H2,1H3. The molecule has 0 bridgehead atoms. The van der Waals surface area contributed by atoms with Crippen LogP contribution in [0.1, 0.15) is 29.8 Å². The summed E-state index contributed by atoms with van der Waals surface area (Å²) in [5.41, 5.74) is 3.26. The Balaban J connectivity index is 2.13. The Kier molecular flexibility index (Phi) is 2.50. The van der Waals surface area contributed by atoms with E-state index in [2.05, 4.69) is 5.43 Å². The number of aromatic nitrogens is 1. The van der Waals surface area contributed by atoms with Gasteiger partial charge in [-0.25, -0.2) is 0 Å². The number of rotatable bonds is 1. The molecule has 0 saturated carbocycles. The minimum atomic E-state index is -0.269. The Morgan fingerprint density at radius 3 is 3.00 bits per heavy atom. The lowest BCUT2D eigenvalue weighted by molar-refractivity contribution is 0.0569. The Labute approximate surface area is 104 Å². The molecule has 1 amide bonds. The predicted molar refractivity (Wildman–Crippen MR) is 65.3 cm³/mol. The van der Waals surface area contributed by atoms with Crippen LogP contribution >= 0.6 is 0 Å². The first-order valence-electron chi connectivity index (χ1n) is 6.09. The predicted octanol–water partition coefficient (Wildman–Crippen LogP) is 0.366. The lowest BCUT2D eigenvalue weighted by Gasteiger charge is -2.41. The molecule has 96 valence electrons. The van der Waals surface area contributed by atoms with Crippen LogP contribution in [0.15, 0.2) is 17.1 Å². The molecule has 1 fully saturated rings. The van der Waals surface area contributed by atoms with Crippen LogP contribution in [-0.4, -0.2) is 35.3 Å². The zero-order valence-electron chi connectivity index (χ0n) is 10.2. The fourth-order valence-electron chi connectivity index (χ4n) is 2.63. The summed E-state index contributed by atoms with van der Waals surface area (Å²) in [6, 6.07) is 1.40. The maximum Gasteiger partial charge on any atom is 0.278 e. The third-order valence-electron chi connectivity index (χ3n) is 3.51. The van der Waals surface area contributed by atoms with Crippen molar-refractivity contribution in [2.45, 2.75) is 25.4 Å². The molecule has 0 aromatic carbocycles. The van der Waals surface area contributed by atoms with Gasteiger partial charge in [-0.15, -0.1) is 0 Å². The van der Waals surface area contributed by atoms with Gasteiger partial charge in [0.1, 0.15) is 6.17 Å². The van der Waals surface area contributed by atoms with E-state index in [1.54, 1.807) is 15.8 Å². The van der Waals surface area contributed by atoms with Crippen molar-refractivity contribution in [1.29, 1.82) is 0 Å². The Morgan fingerprint density at radius 2 is 2.22 bits per heavy atom. The van der Waals surface area contributed by atoms with E-state index in [0.717, 1.165) is 25.8 Å². The van der Waals surface area contributed by atoms with Crippen molar-refractivity contribution in [2.24, 2.45) is 0 Å². The van der Waals surface area contributed by atoms with Gasteiger partial charge in [0.15, 0.2) is 11.4 Å². The van der Waals surface area contributed by atoms with Crippen molar-refractivity contribution in [2.75, 3.05) is 19.1 Å². The second-order valence-electron chi connectivity index (χ2n) is 4.57. The summed E-state index contributed by atoms with van der Waals surface area (Å²) in [5, 5.41) is 0. The molecular weight excluding hydrogens is 234 g/mol. The van der Waals surface area contributed by atoms with E-state index in [1.165, 1.54) is 13.2 Å². The van der Waals surface area contributed by atoms with Crippen molar-refractivity contribution >= 4 is 5.91 Å². The summed E-state index contributed by atoms with van der Waals surface area (Å²) in [4.78, 5) is 25.9. The van der Waals surface area contributed by atoms with Crippen LogP contribution in [0.5, 0.6) is 5.75 Å². The van der Waals surface area contributed by atoms with Crippen LogP contribution < -0.4 is 15.6 Å². The van der Waals surface area contributed by atoms with E-state index in [4.69, 9.17) is 4.74 Å². The highest BCUT2D eigenvalue weighted by Gasteiger charge is 2.35. The minimum absolute atomic E-state index is 0.0194. The molecule has 6 heteroatoms. The van der Waals surface area contributed by atoms with Gasteiger partial charge in [0, 0.05) is 18.8 Å². The third-order valence-corrected chi connectivity index (χ3v) is 3.51. The van der Waals surface area contributed by atoms with Crippen LogP contribution in [-0.2, 0) is 0 Å². The zero-order valence-corrected chi connectivity index (χ0v) is 10.2. The van der Waals surface area contributed by atoms with Gasteiger partial charge in [-0.05, 0) is 19.3 Å². The van der Waals surface area contributed by atoms with Gasteiger partial charge in [0.05, 0.1) is 7.11 Å². The number of carbonyl (C=O) groups excluding carboxylic acids is 1. The smallest absolute Gasteiger partial charge is 0.278 e. The maximum absolute atomic E-state index is 12.4. The third kappa shape index (κ3) is 1.48. The van der Waals surface area contributed by atoms with E-state index >= 15 is 0 Å². The summed E-state index contributed by atoms with van der Waals surface area (Å²) in [5.74, 6) is -0.0213. The van der Waals surface area contributed by atoms with Gasteiger partial charge >= 0.3 is 0 Å². The highest BCUT2D eigenvalue weighted by atomic mass is 16.5. The Bertz CT molecular complexity index is 552. The van der Waals surface area contributed by atoms with Crippen molar-refractivity contribution < 1.29 is 9.53 Å². The molecular formula is C12H15N3O3. The summed E-state index contributed by atoms with van der Waals surface area (Å²) in [6.07, 6.45) is 4.65. The van der Waals surface area contributed by atoms with E-state index < -0.39 is 0 Å². The largest absolute Gasteiger partial charge is 0.491 e. The monoisotopic (exact) mass is 249 g/mol. The van der Waals surface area contributed by atoms with Gasteiger partial charge in [0.25, 0.3) is 5.91 Å². The number of nitrogens with one attached hydrogen (secondary N) is 1. The molecule has 1 N–H and O–H groups in total. The number of piperidine rings is 1. The fraction of sp³-hybridized carbons (Fsp3) is 0.500. The number of hydrogen-bond acceptors (Lipinski definition) is 4. The van der Waals surface area contributed by atoms with Gasteiger partial charge < -0.3 is 15.1 Å². The van der Waals surface area contributed by atoms with Crippen LogP contribution in [0.3, 0.4) is 0 Å². The van der Waals surface area contributed by atoms with E-state index in [-0.39, 0.29) is 23.3 Å². The van der Waals surface area contributed by atoms with E-state index in [9.17, 15) is 9.59 Å². The second-order valence-corrected chi connectivity index (χ2v) is 4.57. The molecule has 1 aromatic rings. The van der Waals surface area contributed by atoms with Crippen molar-refractivity contribution in [1.82, 2.24) is 9.58 Å². The molecule has 1 saturated heterocycles. The Morgan fingerprint density at radius 1 is 1.39 bits per heavy atom. The van der Waals surface area contributed by atoms with Crippen LogP contribution in [0, 0.1) is 0 Å². The average Bonchev–Trinajstić information content (AvgIpc) is 2.40. The van der Waals surface area contributed by atoms with E-state index in [0.29, 0.717) is 5.69 Å². The number of amides is 1. The molecule has 18 heavy (non-hydrogen) atoms. The van der Waals surface area contributed by atoms with Gasteiger partial charge in [-0.1, -0.05) is 0 Å². The summed E-state index contributed by atoms with van der Waals surface area (Å²) in [6.45, 7) is 0.725. The van der Waals surface area contributed by atoms with Crippen molar-refractivity contribution in [3.05, 3.63) is 28.2 Å². The molecule has 0 aliphatic carbocycles. The molecule has 2 aliphatic rings. The number of fused-ring (bicyclic) bond motifs is 2.